The first-order chi connectivity index (χ1) is 11.3. The molecule has 132 valence electrons. The Hall–Kier alpha value is -1.23. The molecule has 0 saturated carbocycles. The summed E-state index contributed by atoms with van der Waals surface area (Å²) in [4.78, 5) is 10.8. The standard InChI is InChI=1S/C21H36O2/c1-3-4-5-6-7-8-9-10-11-12-13-14-15-16-17-18-19-20-21(22)23-2/h10-11H,3-9,12-18H2,1-2H3/b11-10-. The quantitative estimate of drug-likeness (QED) is 0.125. The Bertz CT molecular complexity index is 347. The molecule has 0 bridgehead atoms. The van der Waals surface area contributed by atoms with Crippen LogP contribution >= 0.6 is 0 Å². The van der Waals surface area contributed by atoms with Crippen LogP contribution in [0.1, 0.15) is 96.8 Å². The summed E-state index contributed by atoms with van der Waals surface area (Å²) >= 11 is 0. The van der Waals surface area contributed by atoms with Crippen molar-refractivity contribution in [3.63, 3.8) is 0 Å². The minimum absolute atomic E-state index is 0.433. The molecule has 2 heteroatoms. The van der Waals surface area contributed by atoms with E-state index in [1.165, 1.54) is 84.2 Å². The highest BCUT2D eigenvalue weighted by molar-refractivity contribution is 5.88. The number of allylic oxidation sites excluding steroid dienone is 2. The normalized spacial score (nSPS) is 10.5. The summed E-state index contributed by atoms with van der Waals surface area (Å²) in [6.45, 7) is 2.27. The average molecular weight is 321 g/mol. The molecule has 0 unspecified atom stereocenters. The fourth-order valence-corrected chi connectivity index (χ4v) is 2.47. The van der Waals surface area contributed by atoms with E-state index in [9.17, 15) is 4.79 Å². The van der Waals surface area contributed by atoms with Gasteiger partial charge >= 0.3 is 5.97 Å². The maximum absolute atomic E-state index is 10.8. The SMILES string of the molecule is CCCCCCCC/C=C\CCCCCCCC#CC(=O)OC. The van der Waals surface area contributed by atoms with Crippen LogP contribution in [0.15, 0.2) is 12.2 Å². The van der Waals surface area contributed by atoms with Crippen molar-refractivity contribution in [3.8, 4) is 11.8 Å². The van der Waals surface area contributed by atoms with Crippen LogP contribution in [-0.4, -0.2) is 13.1 Å². The first-order valence-electron chi connectivity index (χ1n) is 9.53. The van der Waals surface area contributed by atoms with Gasteiger partial charge in [-0.15, -0.1) is 0 Å². The molecule has 0 saturated heterocycles. The molecule has 0 rings (SSSR count). The van der Waals surface area contributed by atoms with E-state index in [0.717, 1.165) is 12.8 Å². The topological polar surface area (TPSA) is 26.3 Å². The van der Waals surface area contributed by atoms with E-state index in [-0.39, 0.29) is 0 Å². The molecule has 0 spiro atoms. The third-order valence-electron chi connectivity index (χ3n) is 3.94. The molecule has 0 aromatic rings. The molecule has 23 heavy (non-hydrogen) atoms. The molecule has 2 nitrogen and oxygen atoms in total. The Morgan fingerprint density at radius 3 is 1.91 bits per heavy atom. The number of hydrogen-bond donors (Lipinski definition) is 0. The zero-order valence-corrected chi connectivity index (χ0v) is 15.4. The molecule has 0 radical (unpaired) electrons. The molecule has 0 heterocycles. The van der Waals surface area contributed by atoms with Crippen LogP contribution in [-0.2, 0) is 9.53 Å². The van der Waals surface area contributed by atoms with Crippen molar-refractivity contribution in [1.29, 1.82) is 0 Å². The van der Waals surface area contributed by atoms with Crippen LogP contribution in [0.25, 0.3) is 0 Å². The number of methoxy groups -OCH3 is 1. The highest BCUT2D eigenvalue weighted by atomic mass is 16.5. The second-order valence-corrected chi connectivity index (χ2v) is 6.13. The number of ether oxygens (including phenoxy) is 1. The minimum Gasteiger partial charge on any atom is -0.459 e. The summed E-state index contributed by atoms with van der Waals surface area (Å²) in [5, 5.41) is 0. The first-order valence-corrected chi connectivity index (χ1v) is 9.53. The number of esters is 1. The van der Waals surface area contributed by atoms with Gasteiger partial charge in [-0.25, -0.2) is 4.79 Å². The maximum Gasteiger partial charge on any atom is 0.384 e. The summed E-state index contributed by atoms with van der Waals surface area (Å²) in [6, 6.07) is 0. The molecule has 0 aromatic heterocycles. The summed E-state index contributed by atoms with van der Waals surface area (Å²) in [7, 11) is 1.36. The smallest absolute Gasteiger partial charge is 0.384 e. The van der Waals surface area contributed by atoms with Gasteiger partial charge in [-0.3, -0.25) is 0 Å². The fraction of sp³-hybridized carbons (Fsp3) is 0.762. The van der Waals surface area contributed by atoms with Gasteiger partial charge in [0.15, 0.2) is 0 Å². The zero-order chi connectivity index (χ0) is 17.0. The Morgan fingerprint density at radius 2 is 1.35 bits per heavy atom. The van der Waals surface area contributed by atoms with Crippen molar-refractivity contribution in [2.75, 3.05) is 7.11 Å². The van der Waals surface area contributed by atoms with E-state index in [4.69, 9.17) is 0 Å². The van der Waals surface area contributed by atoms with Gasteiger partial charge in [0.25, 0.3) is 0 Å². The van der Waals surface area contributed by atoms with Gasteiger partial charge in [0.05, 0.1) is 7.11 Å². The van der Waals surface area contributed by atoms with Crippen LogP contribution in [0.4, 0.5) is 0 Å². The first kappa shape index (κ1) is 21.8. The Balaban J connectivity index is 3.19. The van der Waals surface area contributed by atoms with Crippen LogP contribution in [0.3, 0.4) is 0 Å². The average Bonchev–Trinajstić information content (AvgIpc) is 2.57. The highest BCUT2D eigenvalue weighted by Gasteiger charge is 1.91. The number of carbonyl (C=O) groups excluding carboxylic acids is 1. The number of carbonyl (C=O) groups is 1. The van der Waals surface area contributed by atoms with Gasteiger partial charge < -0.3 is 4.74 Å². The predicted octanol–water partition coefficient (Wildman–Crippen LogP) is 6.20. The highest BCUT2D eigenvalue weighted by Crippen LogP contribution is 2.09. The summed E-state index contributed by atoms with van der Waals surface area (Å²) in [5.74, 6) is 4.88. The molecule has 0 atom stereocenters. The lowest BCUT2D eigenvalue weighted by Crippen LogP contribution is -1.94. The van der Waals surface area contributed by atoms with Crippen LogP contribution in [0, 0.1) is 11.8 Å². The minimum atomic E-state index is -0.433. The van der Waals surface area contributed by atoms with Gasteiger partial charge in [-0.05, 0) is 32.1 Å². The lowest BCUT2D eigenvalue weighted by molar-refractivity contribution is -0.133. The molecule has 0 aliphatic carbocycles. The van der Waals surface area contributed by atoms with Crippen molar-refractivity contribution in [2.24, 2.45) is 0 Å². The number of rotatable bonds is 14. The maximum atomic E-state index is 10.8. The second kappa shape index (κ2) is 18.8. The van der Waals surface area contributed by atoms with Gasteiger partial charge in [-0.2, -0.15) is 0 Å². The summed E-state index contributed by atoms with van der Waals surface area (Å²) in [5.41, 5.74) is 0. The molecule has 0 aromatic carbocycles. The van der Waals surface area contributed by atoms with Gasteiger partial charge in [0.2, 0.25) is 0 Å². The lowest BCUT2D eigenvalue weighted by Gasteiger charge is -1.99. The van der Waals surface area contributed by atoms with Gasteiger partial charge in [0.1, 0.15) is 0 Å². The molecule has 0 aliphatic rings. The van der Waals surface area contributed by atoms with E-state index in [1.807, 2.05) is 0 Å². The summed E-state index contributed by atoms with van der Waals surface area (Å²) < 4.78 is 4.46. The molecule has 0 amide bonds. The van der Waals surface area contributed by atoms with Gasteiger partial charge in [-0.1, -0.05) is 76.4 Å². The van der Waals surface area contributed by atoms with E-state index in [1.54, 1.807) is 0 Å². The predicted molar refractivity (Wildman–Crippen MR) is 99.2 cm³/mol. The van der Waals surface area contributed by atoms with Crippen LogP contribution in [0.5, 0.6) is 0 Å². The largest absolute Gasteiger partial charge is 0.459 e. The van der Waals surface area contributed by atoms with E-state index in [2.05, 4.69) is 35.7 Å². The van der Waals surface area contributed by atoms with Gasteiger partial charge in [0, 0.05) is 12.3 Å². The number of hydrogen-bond acceptors (Lipinski definition) is 2. The van der Waals surface area contributed by atoms with Crippen molar-refractivity contribution >= 4 is 5.97 Å². The third-order valence-corrected chi connectivity index (χ3v) is 3.94. The zero-order valence-electron chi connectivity index (χ0n) is 15.4. The van der Waals surface area contributed by atoms with Crippen molar-refractivity contribution in [3.05, 3.63) is 12.2 Å². The molecule has 0 fully saturated rings. The van der Waals surface area contributed by atoms with Crippen LogP contribution in [0.2, 0.25) is 0 Å². The second-order valence-electron chi connectivity index (χ2n) is 6.13. The molecule has 0 N–H and O–H groups in total. The van der Waals surface area contributed by atoms with Crippen molar-refractivity contribution in [1.82, 2.24) is 0 Å². The lowest BCUT2D eigenvalue weighted by atomic mass is 10.1. The van der Waals surface area contributed by atoms with E-state index < -0.39 is 5.97 Å². The molecular formula is C21H36O2. The van der Waals surface area contributed by atoms with Crippen molar-refractivity contribution in [2.45, 2.75) is 96.8 Å². The molecular weight excluding hydrogens is 284 g/mol. The monoisotopic (exact) mass is 320 g/mol. The summed E-state index contributed by atoms with van der Waals surface area (Å²) in [6.07, 6.45) is 22.4. The Kier molecular flexibility index (Phi) is 17.8. The Morgan fingerprint density at radius 1 is 0.826 bits per heavy atom. The third kappa shape index (κ3) is 18.7. The Labute approximate surface area is 144 Å². The fourth-order valence-electron chi connectivity index (χ4n) is 2.47. The van der Waals surface area contributed by atoms with E-state index in [0.29, 0.717) is 0 Å². The van der Waals surface area contributed by atoms with E-state index >= 15 is 0 Å². The van der Waals surface area contributed by atoms with Crippen molar-refractivity contribution < 1.29 is 9.53 Å². The molecule has 0 aliphatic heterocycles. The number of unbranched alkanes of at least 4 members (excludes halogenated alkanes) is 12. The van der Waals surface area contributed by atoms with Crippen LogP contribution < -0.4 is 0 Å².